The minimum absolute atomic E-state index is 0.136. The molecule has 4 heteroatoms. The van der Waals surface area contributed by atoms with Crippen LogP contribution in [0.1, 0.15) is 62.0 Å². The van der Waals surface area contributed by atoms with Crippen molar-refractivity contribution in [3.63, 3.8) is 0 Å². The maximum Gasteiger partial charge on any atom is 0.255 e. The van der Waals surface area contributed by atoms with Gasteiger partial charge >= 0.3 is 0 Å². The van der Waals surface area contributed by atoms with Gasteiger partial charge < -0.3 is 10.6 Å². The van der Waals surface area contributed by atoms with Crippen molar-refractivity contribution in [2.75, 3.05) is 18.4 Å². The molecule has 32 heavy (non-hydrogen) atoms. The minimum Gasteiger partial charge on any atom is -0.370 e. The molecule has 0 aromatic heterocycles. The van der Waals surface area contributed by atoms with Crippen LogP contribution in [0.15, 0.2) is 83.9 Å². The van der Waals surface area contributed by atoms with Crippen molar-refractivity contribution in [2.45, 2.75) is 40.5 Å². The smallest absolute Gasteiger partial charge is 0.255 e. The van der Waals surface area contributed by atoms with Gasteiger partial charge in [-0.25, -0.2) is 0 Å². The van der Waals surface area contributed by atoms with Crippen molar-refractivity contribution >= 4 is 23.0 Å². The number of amides is 1. The highest BCUT2D eigenvalue weighted by Gasteiger charge is 2.10. The lowest BCUT2D eigenvalue weighted by molar-refractivity contribution is 0.102. The average molecular weight is 430 g/mol. The Morgan fingerprint density at radius 1 is 1.03 bits per heavy atom. The molecule has 0 atom stereocenters. The van der Waals surface area contributed by atoms with Crippen LogP contribution in [0.4, 0.5) is 5.69 Å². The molecule has 1 amide bonds. The van der Waals surface area contributed by atoms with Crippen LogP contribution in [-0.4, -0.2) is 24.8 Å². The largest absolute Gasteiger partial charge is 0.370 e. The van der Waals surface area contributed by atoms with Gasteiger partial charge in [0, 0.05) is 29.9 Å². The maximum absolute atomic E-state index is 12.7. The van der Waals surface area contributed by atoms with Crippen LogP contribution in [0.3, 0.4) is 0 Å². The van der Waals surface area contributed by atoms with Crippen LogP contribution in [0.2, 0.25) is 0 Å². The summed E-state index contributed by atoms with van der Waals surface area (Å²) in [5.41, 5.74) is 5.62. The SMILES string of the molecule is C=C/C(=C\C=C(C)C)c1ccc(C(=O)Nc2cccc(C3=NCCCCN3)c2)cc1.CC. The monoisotopic (exact) mass is 429 g/mol. The first-order chi connectivity index (χ1) is 15.6. The zero-order valence-corrected chi connectivity index (χ0v) is 19.7. The van der Waals surface area contributed by atoms with Gasteiger partial charge in [0.25, 0.3) is 5.91 Å². The molecular formula is C28H35N3O. The van der Waals surface area contributed by atoms with Crippen molar-refractivity contribution in [3.8, 4) is 0 Å². The Bertz CT molecular complexity index is 994. The Labute approximate surface area is 192 Å². The average Bonchev–Trinajstić information content (AvgIpc) is 3.11. The van der Waals surface area contributed by atoms with E-state index in [1.807, 2.05) is 74.5 Å². The molecule has 4 nitrogen and oxygen atoms in total. The molecule has 2 aromatic rings. The van der Waals surface area contributed by atoms with Gasteiger partial charge in [0.15, 0.2) is 0 Å². The molecule has 1 heterocycles. The first-order valence-electron chi connectivity index (χ1n) is 11.3. The molecule has 0 aliphatic carbocycles. The quantitative estimate of drug-likeness (QED) is 0.506. The molecule has 0 spiro atoms. The summed E-state index contributed by atoms with van der Waals surface area (Å²) < 4.78 is 0. The molecule has 0 saturated carbocycles. The summed E-state index contributed by atoms with van der Waals surface area (Å²) in [6.07, 6.45) is 8.13. The van der Waals surface area contributed by atoms with E-state index in [0.29, 0.717) is 5.56 Å². The highest BCUT2D eigenvalue weighted by molar-refractivity contribution is 6.06. The molecule has 1 aliphatic rings. The number of rotatable bonds is 6. The summed E-state index contributed by atoms with van der Waals surface area (Å²) in [5, 5.41) is 6.36. The van der Waals surface area contributed by atoms with Gasteiger partial charge in [-0.3, -0.25) is 9.79 Å². The first-order valence-corrected chi connectivity index (χ1v) is 11.3. The second-order valence-corrected chi connectivity index (χ2v) is 7.55. The van der Waals surface area contributed by atoms with E-state index in [-0.39, 0.29) is 5.91 Å². The number of benzene rings is 2. The van der Waals surface area contributed by atoms with Gasteiger partial charge in [-0.1, -0.05) is 68.5 Å². The number of aliphatic imine (C=N–C) groups is 1. The van der Waals surface area contributed by atoms with Crippen LogP contribution >= 0.6 is 0 Å². The fourth-order valence-corrected chi connectivity index (χ4v) is 3.18. The van der Waals surface area contributed by atoms with E-state index >= 15 is 0 Å². The highest BCUT2D eigenvalue weighted by Crippen LogP contribution is 2.18. The predicted molar refractivity (Wildman–Crippen MR) is 138 cm³/mol. The van der Waals surface area contributed by atoms with Gasteiger partial charge in [-0.2, -0.15) is 0 Å². The van der Waals surface area contributed by atoms with Gasteiger partial charge in [0.1, 0.15) is 5.84 Å². The van der Waals surface area contributed by atoms with Gasteiger partial charge in [-0.15, -0.1) is 0 Å². The van der Waals surface area contributed by atoms with E-state index in [2.05, 4.69) is 42.1 Å². The van der Waals surface area contributed by atoms with E-state index in [1.165, 1.54) is 5.57 Å². The summed E-state index contributed by atoms with van der Waals surface area (Å²) in [4.78, 5) is 17.3. The number of amidine groups is 1. The van der Waals surface area contributed by atoms with Gasteiger partial charge in [0.2, 0.25) is 0 Å². The lowest BCUT2D eigenvalue weighted by Crippen LogP contribution is -2.24. The van der Waals surface area contributed by atoms with Crippen molar-refractivity contribution in [2.24, 2.45) is 4.99 Å². The summed E-state index contributed by atoms with van der Waals surface area (Å²) in [7, 11) is 0. The summed E-state index contributed by atoms with van der Waals surface area (Å²) >= 11 is 0. The second-order valence-electron chi connectivity index (χ2n) is 7.55. The number of hydrogen-bond donors (Lipinski definition) is 2. The predicted octanol–water partition coefficient (Wildman–Crippen LogP) is 6.63. The fraction of sp³-hybridized carbons (Fsp3) is 0.286. The first kappa shape index (κ1) is 24.9. The lowest BCUT2D eigenvalue weighted by atomic mass is 10.0. The number of allylic oxidation sites excluding steroid dienone is 5. The Kier molecular flexibility index (Phi) is 10.2. The maximum atomic E-state index is 12.7. The van der Waals surface area contributed by atoms with E-state index in [0.717, 1.165) is 54.2 Å². The molecular weight excluding hydrogens is 394 g/mol. The molecule has 168 valence electrons. The molecule has 2 N–H and O–H groups in total. The van der Waals surface area contributed by atoms with Gasteiger partial charge in [0.05, 0.1) is 0 Å². The number of nitrogens with one attached hydrogen (secondary N) is 2. The number of anilines is 1. The zero-order chi connectivity index (χ0) is 23.3. The molecule has 2 aromatic carbocycles. The Morgan fingerprint density at radius 2 is 1.75 bits per heavy atom. The normalized spacial score (nSPS) is 13.4. The third-order valence-corrected chi connectivity index (χ3v) is 4.84. The summed E-state index contributed by atoms with van der Waals surface area (Å²) in [6, 6.07) is 15.4. The Hall–Kier alpha value is -3.40. The van der Waals surface area contributed by atoms with Crippen molar-refractivity contribution in [1.29, 1.82) is 0 Å². The van der Waals surface area contributed by atoms with E-state index < -0.39 is 0 Å². The van der Waals surface area contributed by atoms with Crippen LogP contribution in [0.5, 0.6) is 0 Å². The standard InChI is InChI=1S/C26H29N3O.C2H6/c1-4-20(11-10-19(2)3)21-12-14-22(15-13-21)26(30)29-24-9-7-8-23(18-24)25-27-16-5-6-17-28-25;1-2/h4,7-15,18H,1,5-6,16-17H2,2-3H3,(H,27,28)(H,29,30);1-2H3/b20-11+;. The molecule has 0 bridgehead atoms. The third kappa shape index (κ3) is 7.38. The topological polar surface area (TPSA) is 53.5 Å². The molecule has 0 fully saturated rings. The van der Waals surface area contributed by atoms with Crippen LogP contribution < -0.4 is 10.6 Å². The summed E-state index contributed by atoms with van der Waals surface area (Å²) in [5.74, 6) is 0.760. The minimum atomic E-state index is -0.136. The van der Waals surface area contributed by atoms with Crippen molar-refractivity contribution in [1.82, 2.24) is 5.32 Å². The molecule has 0 saturated heterocycles. The zero-order valence-electron chi connectivity index (χ0n) is 19.7. The Morgan fingerprint density at radius 3 is 2.44 bits per heavy atom. The highest BCUT2D eigenvalue weighted by atomic mass is 16.1. The second kappa shape index (κ2) is 13.1. The van der Waals surface area contributed by atoms with Crippen molar-refractivity contribution in [3.05, 3.63) is 95.6 Å². The van der Waals surface area contributed by atoms with E-state index in [9.17, 15) is 4.79 Å². The molecule has 3 rings (SSSR count). The summed E-state index contributed by atoms with van der Waals surface area (Å²) in [6.45, 7) is 13.8. The van der Waals surface area contributed by atoms with E-state index in [4.69, 9.17) is 0 Å². The number of carbonyl (C=O) groups is 1. The van der Waals surface area contributed by atoms with Crippen LogP contribution in [0.25, 0.3) is 5.57 Å². The lowest BCUT2D eigenvalue weighted by Gasteiger charge is -2.10. The number of nitrogens with zero attached hydrogens (tertiary/aromatic N) is 1. The molecule has 0 unspecified atom stereocenters. The van der Waals surface area contributed by atoms with Gasteiger partial charge in [-0.05, 0) is 62.1 Å². The molecule has 0 radical (unpaired) electrons. The van der Waals surface area contributed by atoms with Crippen LogP contribution in [0, 0.1) is 0 Å². The third-order valence-electron chi connectivity index (χ3n) is 4.84. The number of carbonyl (C=O) groups excluding carboxylic acids is 1. The Balaban J connectivity index is 0.00000176. The van der Waals surface area contributed by atoms with Crippen molar-refractivity contribution < 1.29 is 4.79 Å². The van der Waals surface area contributed by atoms with Crippen LogP contribution in [-0.2, 0) is 0 Å². The fourth-order valence-electron chi connectivity index (χ4n) is 3.18. The molecule has 1 aliphatic heterocycles. The van der Waals surface area contributed by atoms with E-state index in [1.54, 1.807) is 0 Å². The number of hydrogen-bond acceptors (Lipinski definition) is 3.